The molecule has 4 aliphatic rings. The Kier molecular flexibility index (Phi) is 3.69. The van der Waals surface area contributed by atoms with Gasteiger partial charge in [0.1, 0.15) is 5.82 Å². The molecule has 1 unspecified atom stereocenters. The summed E-state index contributed by atoms with van der Waals surface area (Å²) in [5, 5.41) is 7.73. The van der Waals surface area contributed by atoms with Gasteiger partial charge in [-0.3, -0.25) is 10.1 Å². The highest BCUT2D eigenvalue weighted by Gasteiger charge is 2.59. The fourth-order valence-electron chi connectivity index (χ4n) is 6.51. The molecular weight excluding hydrogens is 388 g/mol. The van der Waals surface area contributed by atoms with Gasteiger partial charge in [-0.05, 0) is 67.9 Å². The molecule has 3 fully saturated rings. The van der Waals surface area contributed by atoms with E-state index in [1.165, 1.54) is 25.7 Å². The van der Waals surface area contributed by atoms with Gasteiger partial charge in [-0.1, -0.05) is 0 Å². The molecule has 31 heavy (non-hydrogen) atoms. The summed E-state index contributed by atoms with van der Waals surface area (Å²) in [6.07, 6.45) is 10.9. The van der Waals surface area contributed by atoms with E-state index in [-0.39, 0.29) is 0 Å². The van der Waals surface area contributed by atoms with Crippen LogP contribution in [0.15, 0.2) is 24.5 Å². The lowest BCUT2D eigenvalue weighted by atomic mass is 9.72. The number of aromatic nitrogens is 5. The Labute approximate surface area is 181 Å². The van der Waals surface area contributed by atoms with Gasteiger partial charge in [0.05, 0.1) is 17.6 Å². The fourth-order valence-corrected chi connectivity index (χ4v) is 6.51. The van der Waals surface area contributed by atoms with Crippen molar-refractivity contribution >= 4 is 28.5 Å². The van der Waals surface area contributed by atoms with Gasteiger partial charge in [-0.25, -0.2) is 9.97 Å². The molecule has 2 aliphatic carbocycles. The first-order valence-electron chi connectivity index (χ1n) is 11.6. The van der Waals surface area contributed by atoms with Crippen LogP contribution in [0.4, 0.5) is 17.3 Å². The van der Waals surface area contributed by atoms with Crippen molar-refractivity contribution in [1.29, 1.82) is 0 Å². The van der Waals surface area contributed by atoms with Gasteiger partial charge in [0, 0.05) is 31.9 Å². The number of nitrogens with one attached hydrogen (secondary N) is 1. The van der Waals surface area contributed by atoms with E-state index in [4.69, 9.17) is 15.7 Å². The van der Waals surface area contributed by atoms with Gasteiger partial charge in [0.2, 0.25) is 0 Å². The standard InChI is InChI=1S/C23H28N8/c24-20-15-11-14(15)12-23(20)5-9-30(10-6-23)18-13-26-19-21(27-18)28-29-22(19)31-8-2-3-16-17(31)4-1-7-25-16/h1,4,7,13-15,20H,2-3,5-6,8-12,24H2,(H,27,28,29)/t14?,15-,20-/m0/s1. The van der Waals surface area contributed by atoms with Crippen molar-refractivity contribution in [3.8, 4) is 0 Å². The third-order valence-electron chi connectivity index (χ3n) is 8.34. The first-order valence-corrected chi connectivity index (χ1v) is 11.6. The molecule has 160 valence electrons. The van der Waals surface area contributed by atoms with Gasteiger partial charge < -0.3 is 15.5 Å². The number of pyridine rings is 1. The Morgan fingerprint density at radius 2 is 2.06 bits per heavy atom. The third kappa shape index (κ3) is 2.63. The van der Waals surface area contributed by atoms with Crippen LogP contribution >= 0.6 is 0 Å². The lowest BCUT2D eigenvalue weighted by molar-refractivity contribution is 0.172. The fraction of sp³-hybridized carbons (Fsp3) is 0.565. The quantitative estimate of drug-likeness (QED) is 0.662. The lowest BCUT2D eigenvalue weighted by Gasteiger charge is -2.43. The monoisotopic (exact) mass is 416 g/mol. The van der Waals surface area contributed by atoms with Crippen LogP contribution in [0.1, 0.15) is 37.8 Å². The highest BCUT2D eigenvalue weighted by molar-refractivity contribution is 5.87. The molecular formula is C23H28N8. The summed E-state index contributed by atoms with van der Waals surface area (Å²) in [7, 11) is 0. The number of piperidine rings is 1. The van der Waals surface area contributed by atoms with Crippen molar-refractivity contribution in [2.24, 2.45) is 23.0 Å². The molecule has 3 aromatic heterocycles. The van der Waals surface area contributed by atoms with Crippen molar-refractivity contribution in [1.82, 2.24) is 25.1 Å². The number of hydrogen-bond acceptors (Lipinski definition) is 7. The van der Waals surface area contributed by atoms with Crippen LogP contribution in [0, 0.1) is 17.3 Å². The first-order chi connectivity index (χ1) is 15.2. The Balaban J connectivity index is 1.15. The molecule has 1 spiro atoms. The number of rotatable bonds is 2. The van der Waals surface area contributed by atoms with Gasteiger partial charge >= 0.3 is 0 Å². The van der Waals surface area contributed by atoms with E-state index in [1.54, 1.807) is 0 Å². The number of aryl methyl sites for hydroxylation is 1. The summed E-state index contributed by atoms with van der Waals surface area (Å²) >= 11 is 0. The molecule has 3 aromatic rings. The number of H-pyrrole nitrogens is 1. The molecule has 3 atom stereocenters. The molecule has 2 saturated carbocycles. The molecule has 8 nitrogen and oxygen atoms in total. The maximum absolute atomic E-state index is 6.63. The van der Waals surface area contributed by atoms with Gasteiger partial charge in [-0.15, -0.1) is 0 Å². The Morgan fingerprint density at radius 1 is 1.16 bits per heavy atom. The summed E-state index contributed by atoms with van der Waals surface area (Å²) in [4.78, 5) is 18.8. The minimum atomic E-state index is 0.373. The number of nitrogens with two attached hydrogens (primary N) is 1. The van der Waals surface area contributed by atoms with Crippen molar-refractivity contribution in [3.63, 3.8) is 0 Å². The second-order valence-corrected chi connectivity index (χ2v) is 9.94. The number of nitrogens with zero attached hydrogens (tertiary/aromatic N) is 6. The smallest absolute Gasteiger partial charge is 0.183 e. The Hall–Kier alpha value is -2.74. The van der Waals surface area contributed by atoms with E-state index in [2.05, 4.69) is 31.0 Å². The zero-order valence-corrected chi connectivity index (χ0v) is 17.7. The number of aromatic amines is 1. The number of hydrogen-bond donors (Lipinski definition) is 2. The molecule has 0 bridgehead atoms. The molecule has 0 aromatic carbocycles. The van der Waals surface area contributed by atoms with Crippen LogP contribution in [0.25, 0.3) is 11.2 Å². The molecule has 3 N–H and O–H groups in total. The predicted octanol–water partition coefficient (Wildman–Crippen LogP) is 2.79. The van der Waals surface area contributed by atoms with Crippen LogP contribution in [0.5, 0.6) is 0 Å². The molecule has 1 saturated heterocycles. The van der Waals surface area contributed by atoms with Crippen molar-refractivity contribution in [3.05, 3.63) is 30.2 Å². The summed E-state index contributed by atoms with van der Waals surface area (Å²) < 4.78 is 0. The summed E-state index contributed by atoms with van der Waals surface area (Å²) in [5.41, 5.74) is 10.8. The van der Waals surface area contributed by atoms with Crippen molar-refractivity contribution in [2.45, 2.75) is 44.6 Å². The summed E-state index contributed by atoms with van der Waals surface area (Å²) in [6, 6.07) is 4.51. The van der Waals surface area contributed by atoms with Gasteiger partial charge in [-0.2, -0.15) is 5.10 Å². The SMILES string of the molecule is N[C@H]1[C@H]2CC2CC12CCN(c1cnc3c(N4CCCc5ncccc54)n[nH]c3n1)CC2. The third-order valence-corrected chi connectivity index (χ3v) is 8.34. The van der Waals surface area contributed by atoms with Crippen molar-refractivity contribution in [2.75, 3.05) is 29.4 Å². The average molecular weight is 417 g/mol. The Morgan fingerprint density at radius 3 is 2.90 bits per heavy atom. The Bertz CT molecular complexity index is 1150. The zero-order valence-electron chi connectivity index (χ0n) is 17.7. The number of anilines is 3. The van der Waals surface area contributed by atoms with E-state index in [0.29, 0.717) is 11.5 Å². The van der Waals surface area contributed by atoms with Crippen LogP contribution in [0.3, 0.4) is 0 Å². The van der Waals surface area contributed by atoms with Crippen LogP contribution in [-0.2, 0) is 6.42 Å². The van der Waals surface area contributed by atoms with E-state index < -0.39 is 0 Å². The molecule has 5 heterocycles. The molecule has 0 amide bonds. The first kappa shape index (κ1) is 17.9. The van der Waals surface area contributed by atoms with Crippen LogP contribution < -0.4 is 15.5 Å². The average Bonchev–Trinajstić information content (AvgIpc) is 3.36. The topological polar surface area (TPSA) is 99.9 Å². The maximum atomic E-state index is 6.63. The zero-order chi connectivity index (χ0) is 20.6. The van der Waals surface area contributed by atoms with E-state index in [0.717, 1.165) is 78.5 Å². The largest absolute Gasteiger partial charge is 0.355 e. The van der Waals surface area contributed by atoms with Crippen molar-refractivity contribution < 1.29 is 0 Å². The predicted molar refractivity (Wildman–Crippen MR) is 119 cm³/mol. The molecule has 8 heteroatoms. The van der Waals surface area contributed by atoms with Crippen LogP contribution in [0.2, 0.25) is 0 Å². The number of fused-ring (bicyclic) bond motifs is 3. The minimum Gasteiger partial charge on any atom is -0.355 e. The highest BCUT2D eigenvalue weighted by Crippen LogP contribution is 2.62. The summed E-state index contributed by atoms with van der Waals surface area (Å²) in [6.45, 7) is 2.94. The second-order valence-electron chi connectivity index (χ2n) is 9.94. The highest BCUT2D eigenvalue weighted by atomic mass is 15.3. The van der Waals surface area contributed by atoms with Crippen LogP contribution in [-0.4, -0.2) is 50.8 Å². The minimum absolute atomic E-state index is 0.373. The van der Waals surface area contributed by atoms with E-state index in [1.807, 2.05) is 18.5 Å². The molecule has 7 rings (SSSR count). The van der Waals surface area contributed by atoms with E-state index in [9.17, 15) is 0 Å². The van der Waals surface area contributed by atoms with Gasteiger partial charge in [0.15, 0.2) is 17.0 Å². The second kappa shape index (κ2) is 6.38. The molecule has 0 radical (unpaired) electrons. The van der Waals surface area contributed by atoms with E-state index >= 15 is 0 Å². The van der Waals surface area contributed by atoms with Gasteiger partial charge in [0.25, 0.3) is 0 Å². The normalized spacial score (nSPS) is 28.7. The maximum Gasteiger partial charge on any atom is 0.183 e. The lowest BCUT2D eigenvalue weighted by Crippen LogP contribution is -2.48. The summed E-state index contributed by atoms with van der Waals surface area (Å²) in [5.74, 6) is 3.50. The molecule has 2 aliphatic heterocycles.